The SMILES string of the molecule is COc1ccc(C(=O)C2CCN(CC(=O)Nc3cc(C)no3)CC2)cc1. The van der Waals surface area contributed by atoms with Crippen molar-refractivity contribution in [2.45, 2.75) is 19.8 Å². The van der Waals surface area contributed by atoms with Gasteiger partial charge in [0.2, 0.25) is 11.8 Å². The lowest BCUT2D eigenvalue weighted by molar-refractivity contribution is -0.117. The highest BCUT2D eigenvalue weighted by Crippen LogP contribution is 2.23. The van der Waals surface area contributed by atoms with Gasteiger partial charge in [-0.3, -0.25) is 19.8 Å². The largest absolute Gasteiger partial charge is 0.497 e. The van der Waals surface area contributed by atoms with Gasteiger partial charge in [-0.05, 0) is 57.1 Å². The molecule has 138 valence electrons. The minimum atomic E-state index is -0.138. The first kappa shape index (κ1) is 18.1. The predicted molar refractivity (Wildman–Crippen MR) is 96.4 cm³/mol. The number of hydrogen-bond acceptors (Lipinski definition) is 6. The second-order valence-corrected chi connectivity index (χ2v) is 6.52. The number of likely N-dealkylation sites (tertiary alicyclic amines) is 1. The second kappa shape index (κ2) is 8.14. The number of benzene rings is 1. The molecule has 0 aliphatic carbocycles. The number of carbonyl (C=O) groups is 2. The van der Waals surface area contributed by atoms with Gasteiger partial charge >= 0.3 is 0 Å². The van der Waals surface area contributed by atoms with Crippen molar-refractivity contribution in [3.63, 3.8) is 0 Å². The summed E-state index contributed by atoms with van der Waals surface area (Å²) in [6.45, 7) is 3.51. The van der Waals surface area contributed by atoms with Crippen LogP contribution in [0.25, 0.3) is 0 Å². The highest BCUT2D eigenvalue weighted by Gasteiger charge is 2.26. The number of ether oxygens (including phenoxy) is 1. The van der Waals surface area contributed by atoms with E-state index >= 15 is 0 Å². The summed E-state index contributed by atoms with van der Waals surface area (Å²) >= 11 is 0. The lowest BCUT2D eigenvalue weighted by Gasteiger charge is -2.30. The van der Waals surface area contributed by atoms with E-state index < -0.39 is 0 Å². The zero-order valence-electron chi connectivity index (χ0n) is 15.0. The van der Waals surface area contributed by atoms with Gasteiger partial charge in [0.1, 0.15) is 5.75 Å². The Labute approximate surface area is 152 Å². The molecule has 1 aromatic heterocycles. The molecule has 0 unspecified atom stereocenters. The Morgan fingerprint density at radius 2 is 1.96 bits per heavy atom. The van der Waals surface area contributed by atoms with Gasteiger partial charge in [-0.25, -0.2) is 0 Å². The lowest BCUT2D eigenvalue weighted by atomic mass is 9.89. The van der Waals surface area contributed by atoms with E-state index in [0.717, 1.165) is 37.4 Å². The Morgan fingerprint density at radius 3 is 2.54 bits per heavy atom. The number of rotatable bonds is 6. The van der Waals surface area contributed by atoms with Gasteiger partial charge in [-0.15, -0.1) is 0 Å². The summed E-state index contributed by atoms with van der Waals surface area (Å²) in [5, 5.41) is 6.43. The molecule has 2 aromatic rings. The van der Waals surface area contributed by atoms with Crippen molar-refractivity contribution in [1.29, 1.82) is 0 Å². The molecular formula is C19H23N3O4. The summed E-state index contributed by atoms with van der Waals surface area (Å²) in [7, 11) is 1.60. The van der Waals surface area contributed by atoms with E-state index in [1.807, 2.05) is 0 Å². The van der Waals surface area contributed by atoms with E-state index in [2.05, 4.69) is 15.4 Å². The van der Waals surface area contributed by atoms with Gasteiger partial charge in [0, 0.05) is 17.5 Å². The van der Waals surface area contributed by atoms with Crippen LogP contribution in [0.2, 0.25) is 0 Å². The van der Waals surface area contributed by atoms with Crippen LogP contribution in [0.15, 0.2) is 34.9 Å². The van der Waals surface area contributed by atoms with E-state index in [4.69, 9.17) is 9.26 Å². The van der Waals surface area contributed by atoms with Crippen LogP contribution in [-0.2, 0) is 4.79 Å². The van der Waals surface area contributed by atoms with Crippen LogP contribution < -0.4 is 10.1 Å². The number of ketones is 1. The maximum atomic E-state index is 12.6. The molecule has 0 atom stereocenters. The van der Waals surface area contributed by atoms with Crippen LogP contribution in [0.1, 0.15) is 28.9 Å². The molecule has 1 saturated heterocycles. The van der Waals surface area contributed by atoms with Crippen molar-refractivity contribution in [3.8, 4) is 5.75 Å². The molecular weight excluding hydrogens is 334 g/mol. The normalized spacial score (nSPS) is 15.6. The monoisotopic (exact) mass is 357 g/mol. The number of nitrogens with one attached hydrogen (secondary N) is 1. The van der Waals surface area contributed by atoms with Crippen molar-refractivity contribution in [2.24, 2.45) is 5.92 Å². The standard InChI is InChI=1S/C19H23N3O4/c1-13-11-18(26-21-13)20-17(23)12-22-9-7-15(8-10-22)19(24)14-3-5-16(25-2)6-4-14/h3-6,11,15H,7-10,12H2,1-2H3,(H,20,23). The third-order valence-electron chi connectivity index (χ3n) is 4.59. The highest BCUT2D eigenvalue weighted by molar-refractivity contribution is 5.98. The minimum absolute atomic E-state index is 0.000343. The maximum absolute atomic E-state index is 12.6. The third-order valence-corrected chi connectivity index (χ3v) is 4.59. The lowest BCUT2D eigenvalue weighted by Crippen LogP contribution is -2.40. The van der Waals surface area contributed by atoms with Gasteiger partial charge in [0.15, 0.2) is 5.78 Å². The fourth-order valence-electron chi connectivity index (χ4n) is 3.15. The predicted octanol–water partition coefficient (Wildman–Crippen LogP) is 2.53. The molecule has 1 aliphatic rings. The molecule has 7 nitrogen and oxygen atoms in total. The molecule has 3 rings (SSSR count). The first-order valence-electron chi connectivity index (χ1n) is 8.69. The van der Waals surface area contributed by atoms with E-state index in [1.54, 1.807) is 44.4 Å². The summed E-state index contributed by atoms with van der Waals surface area (Å²) in [5.41, 5.74) is 1.43. The van der Waals surface area contributed by atoms with Gasteiger partial charge in [-0.1, -0.05) is 5.16 Å². The molecule has 1 aliphatic heterocycles. The maximum Gasteiger partial charge on any atom is 0.240 e. The fourth-order valence-corrected chi connectivity index (χ4v) is 3.15. The zero-order chi connectivity index (χ0) is 18.5. The zero-order valence-corrected chi connectivity index (χ0v) is 15.0. The Bertz CT molecular complexity index is 761. The topological polar surface area (TPSA) is 84.7 Å². The summed E-state index contributed by atoms with van der Waals surface area (Å²) in [5.74, 6) is 1.12. The number of Topliss-reactive ketones (excluding diaryl/α,β-unsaturated/α-hetero) is 1. The fraction of sp³-hybridized carbons (Fsp3) is 0.421. The van der Waals surface area contributed by atoms with Crippen molar-refractivity contribution in [2.75, 3.05) is 32.1 Å². The number of piperidine rings is 1. The molecule has 0 bridgehead atoms. The summed E-state index contributed by atoms with van der Waals surface area (Å²) in [6.07, 6.45) is 1.50. The Kier molecular flexibility index (Phi) is 5.68. The van der Waals surface area contributed by atoms with Gasteiger partial charge in [0.25, 0.3) is 0 Å². The number of anilines is 1. The molecule has 7 heteroatoms. The minimum Gasteiger partial charge on any atom is -0.497 e. The van der Waals surface area contributed by atoms with Crippen molar-refractivity contribution in [1.82, 2.24) is 10.1 Å². The Hall–Kier alpha value is -2.67. The average Bonchev–Trinajstić information content (AvgIpc) is 3.06. The highest BCUT2D eigenvalue weighted by atomic mass is 16.5. The summed E-state index contributed by atoms with van der Waals surface area (Å²) < 4.78 is 10.1. The molecule has 1 fully saturated rings. The molecule has 0 spiro atoms. The molecule has 0 radical (unpaired) electrons. The number of aromatic nitrogens is 1. The van der Waals surface area contributed by atoms with Gasteiger partial charge in [-0.2, -0.15) is 0 Å². The van der Waals surface area contributed by atoms with Crippen LogP contribution in [0, 0.1) is 12.8 Å². The van der Waals surface area contributed by atoms with Crippen LogP contribution in [0.5, 0.6) is 5.75 Å². The Balaban J connectivity index is 1.47. The number of nitrogens with zero attached hydrogens (tertiary/aromatic N) is 2. The van der Waals surface area contributed by atoms with Crippen LogP contribution >= 0.6 is 0 Å². The molecule has 26 heavy (non-hydrogen) atoms. The second-order valence-electron chi connectivity index (χ2n) is 6.52. The Morgan fingerprint density at radius 1 is 1.27 bits per heavy atom. The molecule has 2 heterocycles. The summed E-state index contributed by atoms with van der Waals surface area (Å²) in [6, 6.07) is 8.90. The number of methoxy groups -OCH3 is 1. The van der Waals surface area contributed by atoms with E-state index in [1.165, 1.54) is 0 Å². The molecule has 1 N–H and O–H groups in total. The number of carbonyl (C=O) groups excluding carboxylic acids is 2. The van der Waals surface area contributed by atoms with Gasteiger partial charge in [0.05, 0.1) is 19.3 Å². The average molecular weight is 357 g/mol. The summed E-state index contributed by atoms with van der Waals surface area (Å²) in [4.78, 5) is 26.7. The van der Waals surface area contributed by atoms with Crippen molar-refractivity contribution in [3.05, 3.63) is 41.6 Å². The van der Waals surface area contributed by atoms with Crippen LogP contribution in [0.3, 0.4) is 0 Å². The van der Waals surface area contributed by atoms with E-state index in [-0.39, 0.29) is 24.2 Å². The van der Waals surface area contributed by atoms with Crippen molar-refractivity contribution < 1.29 is 18.8 Å². The van der Waals surface area contributed by atoms with Crippen LogP contribution in [-0.4, -0.2) is 48.5 Å². The van der Waals surface area contributed by atoms with E-state index in [9.17, 15) is 9.59 Å². The smallest absolute Gasteiger partial charge is 0.240 e. The first-order valence-corrected chi connectivity index (χ1v) is 8.69. The third kappa shape index (κ3) is 4.49. The van der Waals surface area contributed by atoms with Crippen LogP contribution in [0.4, 0.5) is 5.88 Å². The quantitative estimate of drug-likeness (QED) is 0.800. The first-order chi connectivity index (χ1) is 12.5. The van der Waals surface area contributed by atoms with Gasteiger partial charge < -0.3 is 9.26 Å². The molecule has 1 aromatic carbocycles. The number of hydrogen-bond donors (Lipinski definition) is 1. The molecule has 0 saturated carbocycles. The number of amides is 1. The number of aryl methyl sites for hydroxylation is 1. The van der Waals surface area contributed by atoms with Crippen molar-refractivity contribution >= 4 is 17.6 Å². The van der Waals surface area contributed by atoms with E-state index in [0.29, 0.717) is 11.4 Å². The molecule has 1 amide bonds.